The highest BCUT2D eigenvalue weighted by atomic mass is 16.2. The minimum absolute atomic E-state index is 0.00718. The highest BCUT2D eigenvalue weighted by Gasteiger charge is 2.27. The van der Waals surface area contributed by atoms with Crippen LogP contribution >= 0.6 is 0 Å². The zero-order chi connectivity index (χ0) is 19.2. The zero-order valence-corrected chi connectivity index (χ0v) is 16.2. The van der Waals surface area contributed by atoms with Crippen LogP contribution in [-0.2, 0) is 11.3 Å². The van der Waals surface area contributed by atoms with Gasteiger partial charge in [-0.05, 0) is 26.0 Å². The Morgan fingerprint density at radius 3 is 2.62 bits per heavy atom. The lowest BCUT2D eigenvalue weighted by atomic mass is 9.92. The first-order valence-corrected chi connectivity index (χ1v) is 8.60. The van der Waals surface area contributed by atoms with E-state index in [1.807, 2.05) is 73.2 Å². The normalized spacial score (nSPS) is 12.0. The minimum atomic E-state index is -0.524. The van der Waals surface area contributed by atoms with Gasteiger partial charge in [-0.3, -0.25) is 9.79 Å². The lowest BCUT2D eigenvalue weighted by Gasteiger charge is -2.27. The Kier molecular flexibility index (Phi) is 6.38. The quantitative estimate of drug-likeness (QED) is 0.610. The molecule has 0 aliphatic heterocycles. The summed E-state index contributed by atoms with van der Waals surface area (Å²) >= 11 is 0. The van der Waals surface area contributed by atoms with Crippen molar-refractivity contribution in [3.63, 3.8) is 0 Å². The van der Waals surface area contributed by atoms with Crippen molar-refractivity contribution in [2.24, 2.45) is 10.4 Å². The van der Waals surface area contributed by atoms with E-state index < -0.39 is 5.41 Å². The first kappa shape index (κ1) is 19.5. The number of rotatable bonds is 6. The highest BCUT2D eigenvalue weighted by Crippen LogP contribution is 2.14. The first-order chi connectivity index (χ1) is 12.4. The van der Waals surface area contributed by atoms with Crippen LogP contribution < -0.4 is 10.6 Å². The van der Waals surface area contributed by atoms with Crippen LogP contribution in [0.5, 0.6) is 0 Å². The first-order valence-electron chi connectivity index (χ1n) is 8.60. The van der Waals surface area contributed by atoms with Gasteiger partial charge in [-0.2, -0.15) is 5.10 Å². The van der Waals surface area contributed by atoms with Crippen LogP contribution in [0.2, 0.25) is 0 Å². The van der Waals surface area contributed by atoms with Crippen molar-refractivity contribution < 1.29 is 4.79 Å². The van der Waals surface area contributed by atoms with E-state index in [0.717, 1.165) is 17.2 Å². The fourth-order valence-electron chi connectivity index (χ4n) is 2.62. The van der Waals surface area contributed by atoms with E-state index in [1.54, 1.807) is 14.1 Å². The van der Waals surface area contributed by atoms with Crippen LogP contribution in [0.1, 0.15) is 19.4 Å². The van der Waals surface area contributed by atoms with Gasteiger partial charge in [-0.25, -0.2) is 4.68 Å². The average molecular weight is 356 g/mol. The fraction of sp³-hybridized carbons (Fsp3) is 0.421. The Hall–Kier alpha value is -2.83. The van der Waals surface area contributed by atoms with E-state index >= 15 is 0 Å². The Bertz CT molecular complexity index is 750. The van der Waals surface area contributed by atoms with Gasteiger partial charge in [0.15, 0.2) is 5.96 Å². The summed E-state index contributed by atoms with van der Waals surface area (Å²) in [4.78, 5) is 18.2. The monoisotopic (exact) mass is 356 g/mol. The molecule has 140 valence electrons. The molecule has 1 aromatic heterocycles. The van der Waals surface area contributed by atoms with E-state index in [9.17, 15) is 4.79 Å². The second-order valence-electron chi connectivity index (χ2n) is 6.85. The van der Waals surface area contributed by atoms with Crippen molar-refractivity contribution in [3.05, 3.63) is 48.3 Å². The van der Waals surface area contributed by atoms with Gasteiger partial charge in [0.1, 0.15) is 0 Å². The van der Waals surface area contributed by atoms with E-state index in [1.165, 1.54) is 0 Å². The van der Waals surface area contributed by atoms with Gasteiger partial charge in [-0.1, -0.05) is 18.2 Å². The summed E-state index contributed by atoms with van der Waals surface area (Å²) in [5.74, 6) is 0.724. The molecule has 0 saturated carbocycles. The Morgan fingerprint density at radius 2 is 2.00 bits per heavy atom. The summed E-state index contributed by atoms with van der Waals surface area (Å²) in [5, 5.41) is 10.4. The minimum Gasteiger partial charge on any atom is -0.359 e. The van der Waals surface area contributed by atoms with Gasteiger partial charge in [0.2, 0.25) is 5.91 Å². The van der Waals surface area contributed by atoms with Crippen LogP contribution in [0, 0.1) is 5.41 Å². The van der Waals surface area contributed by atoms with E-state index in [-0.39, 0.29) is 5.91 Å². The second kappa shape index (κ2) is 8.51. The van der Waals surface area contributed by atoms with Gasteiger partial charge < -0.3 is 15.5 Å². The van der Waals surface area contributed by atoms with Crippen molar-refractivity contribution in [2.45, 2.75) is 20.4 Å². The summed E-state index contributed by atoms with van der Waals surface area (Å²) in [7, 11) is 5.34. The molecule has 0 bridgehead atoms. The summed E-state index contributed by atoms with van der Waals surface area (Å²) in [6.07, 6.45) is 3.86. The van der Waals surface area contributed by atoms with Gasteiger partial charge in [0, 0.05) is 46.0 Å². The third-order valence-electron chi connectivity index (χ3n) is 4.18. The molecule has 2 aromatic rings. The Balaban J connectivity index is 1.98. The number of nitrogens with one attached hydrogen (secondary N) is 2. The molecular formula is C19H28N6O. The number of guanidine groups is 1. The summed E-state index contributed by atoms with van der Waals surface area (Å²) < 4.78 is 1.86. The Morgan fingerprint density at radius 1 is 1.31 bits per heavy atom. The Labute approximate surface area is 155 Å². The lowest BCUT2D eigenvalue weighted by molar-refractivity contribution is -0.128. The zero-order valence-electron chi connectivity index (χ0n) is 16.2. The second-order valence-corrected chi connectivity index (χ2v) is 6.85. The molecule has 0 saturated heterocycles. The fourth-order valence-corrected chi connectivity index (χ4v) is 2.62. The molecule has 0 unspecified atom stereocenters. The molecule has 0 atom stereocenters. The number of carbonyl (C=O) groups excluding carboxylic acids is 1. The lowest BCUT2D eigenvalue weighted by Crippen LogP contribution is -2.47. The number of hydrogen-bond donors (Lipinski definition) is 2. The standard InChI is InChI=1S/C19H28N6O/c1-19(2,17(26)20-3)14-22-18(21-4)24(5)12-15-11-23-25(13-15)16-9-7-6-8-10-16/h6-11,13H,12,14H2,1-5H3,(H,20,26)(H,21,22). The van der Waals surface area contributed by atoms with Crippen LogP contribution in [0.3, 0.4) is 0 Å². The third-order valence-corrected chi connectivity index (χ3v) is 4.18. The molecule has 0 aliphatic rings. The van der Waals surface area contributed by atoms with Gasteiger partial charge in [-0.15, -0.1) is 0 Å². The summed E-state index contributed by atoms with van der Waals surface area (Å²) in [5.41, 5.74) is 1.57. The molecule has 2 rings (SSSR count). The number of aliphatic imine (C=N–C) groups is 1. The molecule has 0 radical (unpaired) electrons. The predicted molar refractivity (Wildman–Crippen MR) is 104 cm³/mol. The molecule has 1 heterocycles. The maximum Gasteiger partial charge on any atom is 0.227 e. The maximum atomic E-state index is 11.9. The number of benzene rings is 1. The summed E-state index contributed by atoms with van der Waals surface area (Å²) in [6, 6.07) is 9.99. The molecule has 7 nitrogen and oxygen atoms in total. The van der Waals surface area contributed by atoms with Gasteiger partial charge in [0.05, 0.1) is 17.3 Å². The topological polar surface area (TPSA) is 74.6 Å². The number of para-hydroxylation sites is 1. The van der Waals surface area contributed by atoms with Crippen LogP contribution in [-0.4, -0.2) is 54.2 Å². The average Bonchev–Trinajstić information content (AvgIpc) is 3.10. The molecule has 7 heteroatoms. The van der Waals surface area contributed by atoms with E-state index in [4.69, 9.17) is 0 Å². The molecule has 0 fully saturated rings. The maximum absolute atomic E-state index is 11.9. The van der Waals surface area contributed by atoms with Crippen LogP contribution in [0.15, 0.2) is 47.7 Å². The largest absolute Gasteiger partial charge is 0.359 e. The van der Waals surface area contributed by atoms with Crippen molar-refractivity contribution in [3.8, 4) is 5.69 Å². The number of carbonyl (C=O) groups is 1. The molecule has 2 N–H and O–H groups in total. The highest BCUT2D eigenvalue weighted by molar-refractivity contribution is 5.84. The molecule has 1 aromatic carbocycles. The van der Waals surface area contributed by atoms with Crippen molar-refractivity contribution in [1.82, 2.24) is 25.3 Å². The van der Waals surface area contributed by atoms with Gasteiger partial charge >= 0.3 is 0 Å². The van der Waals surface area contributed by atoms with E-state index in [0.29, 0.717) is 13.1 Å². The number of hydrogen-bond acceptors (Lipinski definition) is 3. The van der Waals surface area contributed by atoms with Crippen molar-refractivity contribution in [2.75, 3.05) is 27.7 Å². The molecule has 1 amide bonds. The number of amides is 1. The molecule has 0 aliphatic carbocycles. The number of aromatic nitrogens is 2. The van der Waals surface area contributed by atoms with Crippen LogP contribution in [0.25, 0.3) is 5.69 Å². The van der Waals surface area contributed by atoms with Crippen molar-refractivity contribution >= 4 is 11.9 Å². The van der Waals surface area contributed by atoms with Crippen LogP contribution in [0.4, 0.5) is 0 Å². The molecule has 0 spiro atoms. The summed E-state index contributed by atoms with van der Waals surface area (Å²) in [6.45, 7) is 4.95. The molecule has 26 heavy (non-hydrogen) atoms. The van der Waals surface area contributed by atoms with Crippen molar-refractivity contribution in [1.29, 1.82) is 0 Å². The third kappa shape index (κ3) is 4.84. The SMILES string of the molecule is CN=C(NCC(C)(C)C(=O)NC)N(C)Cc1cnn(-c2ccccc2)c1. The smallest absolute Gasteiger partial charge is 0.227 e. The van der Waals surface area contributed by atoms with Gasteiger partial charge in [0.25, 0.3) is 0 Å². The molecular weight excluding hydrogens is 328 g/mol. The van der Waals surface area contributed by atoms with E-state index in [2.05, 4.69) is 20.7 Å². The predicted octanol–water partition coefficient (Wildman–Crippen LogP) is 1.65. The number of nitrogens with zero attached hydrogens (tertiary/aromatic N) is 4.